The number of fused-ring (bicyclic) bond motifs is 1. The monoisotopic (exact) mass is 499 g/mol. The zero-order valence-corrected chi connectivity index (χ0v) is 20.9. The van der Waals surface area contributed by atoms with Crippen molar-refractivity contribution in [2.24, 2.45) is 5.41 Å². The normalized spacial score (nSPS) is 12.5. The Labute approximate surface area is 212 Å². The Morgan fingerprint density at radius 2 is 1.78 bits per heavy atom. The van der Waals surface area contributed by atoms with Gasteiger partial charge in [-0.15, -0.1) is 10.2 Å². The van der Waals surface area contributed by atoms with Crippen molar-refractivity contribution < 1.29 is 9.18 Å². The Balaban J connectivity index is 1.62. The van der Waals surface area contributed by atoms with Gasteiger partial charge in [-0.1, -0.05) is 61.6 Å². The van der Waals surface area contributed by atoms with Gasteiger partial charge in [0, 0.05) is 11.3 Å². The molecule has 0 radical (unpaired) electrons. The van der Waals surface area contributed by atoms with Crippen LogP contribution in [0, 0.1) is 11.2 Å². The summed E-state index contributed by atoms with van der Waals surface area (Å²) in [6.07, 6.45) is 3.09. The van der Waals surface area contributed by atoms with E-state index >= 15 is 0 Å². The Bertz CT molecular complexity index is 1460. The first-order valence-corrected chi connectivity index (χ1v) is 12.8. The van der Waals surface area contributed by atoms with E-state index in [4.69, 9.17) is 0 Å². The van der Waals surface area contributed by atoms with Gasteiger partial charge in [-0.25, -0.2) is 9.07 Å². The summed E-state index contributed by atoms with van der Waals surface area (Å²) in [6, 6.07) is 22.6. The van der Waals surface area contributed by atoms with Crippen molar-refractivity contribution in [3.8, 4) is 5.69 Å². The molecule has 0 spiro atoms. The molecule has 182 valence electrons. The Kier molecular flexibility index (Phi) is 6.61. The third-order valence-corrected chi connectivity index (χ3v) is 7.58. The molecule has 8 heteroatoms. The van der Waals surface area contributed by atoms with E-state index in [0.717, 1.165) is 27.7 Å². The third kappa shape index (κ3) is 4.28. The lowest BCUT2D eigenvalue weighted by Crippen LogP contribution is -2.41. The molecule has 0 bridgehead atoms. The molecule has 0 saturated carbocycles. The highest BCUT2D eigenvalue weighted by Gasteiger charge is 2.44. The summed E-state index contributed by atoms with van der Waals surface area (Å²) >= 11 is 1.31. The maximum atomic E-state index is 13.8. The molecular formula is C28H26FN5OS. The minimum atomic E-state index is -0.715. The maximum Gasteiger partial charge on any atom is 0.233 e. The Morgan fingerprint density at radius 3 is 2.44 bits per heavy atom. The van der Waals surface area contributed by atoms with Gasteiger partial charge in [-0.3, -0.25) is 4.79 Å². The summed E-state index contributed by atoms with van der Waals surface area (Å²) in [6.45, 7) is 4.12. The molecule has 1 N–H and O–H groups in total. The number of hydrogen-bond acceptors (Lipinski definition) is 5. The number of benzene rings is 3. The summed E-state index contributed by atoms with van der Waals surface area (Å²) in [7, 11) is 0. The number of carbonyl (C=O) groups excluding carboxylic acids is 1. The fourth-order valence-electron chi connectivity index (χ4n) is 5.05. The molecule has 1 unspecified atom stereocenters. The molecule has 5 rings (SSSR count). The van der Waals surface area contributed by atoms with Crippen LogP contribution in [0.4, 0.5) is 9.52 Å². The van der Waals surface area contributed by atoms with Gasteiger partial charge in [0.1, 0.15) is 11.3 Å². The molecule has 0 aliphatic heterocycles. The zero-order valence-electron chi connectivity index (χ0n) is 20.1. The van der Waals surface area contributed by atoms with Crippen LogP contribution in [-0.4, -0.2) is 25.9 Å². The van der Waals surface area contributed by atoms with Gasteiger partial charge in [0.2, 0.25) is 11.0 Å². The number of nitrogens with zero attached hydrogens (tertiary/aromatic N) is 4. The van der Waals surface area contributed by atoms with Crippen molar-refractivity contribution in [3.63, 3.8) is 0 Å². The van der Waals surface area contributed by atoms with E-state index in [1.807, 2.05) is 30.5 Å². The van der Waals surface area contributed by atoms with Gasteiger partial charge in [0.25, 0.3) is 0 Å². The van der Waals surface area contributed by atoms with Crippen LogP contribution in [0.15, 0.2) is 84.5 Å². The van der Waals surface area contributed by atoms with Gasteiger partial charge < -0.3 is 5.32 Å². The van der Waals surface area contributed by atoms with E-state index in [0.29, 0.717) is 18.0 Å². The van der Waals surface area contributed by atoms with Crippen molar-refractivity contribution in [3.05, 3.63) is 101 Å². The average Bonchev–Trinajstić information content (AvgIpc) is 3.58. The lowest BCUT2D eigenvalue weighted by atomic mass is 9.65. The van der Waals surface area contributed by atoms with Crippen LogP contribution in [-0.2, 0) is 4.79 Å². The number of carbonyl (C=O) groups is 1. The Morgan fingerprint density at radius 1 is 1.03 bits per heavy atom. The molecule has 6 nitrogen and oxygen atoms in total. The van der Waals surface area contributed by atoms with E-state index in [9.17, 15) is 9.18 Å². The van der Waals surface area contributed by atoms with Gasteiger partial charge in [0.05, 0.1) is 22.8 Å². The summed E-state index contributed by atoms with van der Waals surface area (Å²) < 4.78 is 15.2. The van der Waals surface area contributed by atoms with Crippen molar-refractivity contribution in [2.75, 3.05) is 5.32 Å². The zero-order chi connectivity index (χ0) is 25.1. The van der Waals surface area contributed by atoms with Crippen LogP contribution in [0.2, 0.25) is 0 Å². The summed E-state index contributed by atoms with van der Waals surface area (Å²) in [5.74, 6) is -0.550. The highest BCUT2D eigenvalue weighted by molar-refractivity contribution is 7.13. The molecule has 0 aliphatic carbocycles. The lowest BCUT2D eigenvalue weighted by Gasteiger charge is -2.39. The van der Waals surface area contributed by atoms with Crippen molar-refractivity contribution in [1.29, 1.82) is 0 Å². The van der Waals surface area contributed by atoms with E-state index in [2.05, 4.69) is 58.7 Å². The smallest absolute Gasteiger partial charge is 0.233 e. The molecule has 36 heavy (non-hydrogen) atoms. The number of nitrogens with one attached hydrogen (secondary N) is 1. The SMILES string of the molecule is CCC(CC)(C(=O)Nc1nncs1)C(c1ccccc1)c1ccc2c(cnn2-c2ccc(F)cc2)c1. The highest BCUT2D eigenvalue weighted by atomic mass is 32.1. The van der Waals surface area contributed by atoms with E-state index in [1.54, 1.807) is 22.3 Å². The minimum absolute atomic E-state index is 0.0693. The van der Waals surface area contributed by atoms with Crippen LogP contribution >= 0.6 is 11.3 Å². The second-order valence-electron chi connectivity index (χ2n) is 8.76. The predicted octanol–water partition coefficient (Wildman–Crippen LogP) is 6.59. The Hall–Kier alpha value is -3.91. The second kappa shape index (κ2) is 9.99. The largest absolute Gasteiger partial charge is 0.300 e. The molecule has 0 fully saturated rings. The fourth-order valence-corrected chi connectivity index (χ4v) is 5.49. The van der Waals surface area contributed by atoms with Crippen LogP contribution in [0.25, 0.3) is 16.6 Å². The van der Waals surface area contributed by atoms with Crippen LogP contribution in [0.1, 0.15) is 43.7 Å². The maximum absolute atomic E-state index is 13.8. The minimum Gasteiger partial charge on any atom is -0.300 e. The van der Waals surface area contributed by atoms with Gasteiger partial charge in [-0.05, 0) is 60.4 Å². The van der Waals surface area contributed by atoms with Crippen molar-refractivity contribution in [1.82, 2.24) is 20.0 Å². The quantitative estimate of drug-likeness (QED) is 0.261. The standard InChI is InChI=1S/C28H26FN5OS/c1-3-28(4-2,26(35)32-27-33-30-18-36-27)25(19-8-6-5-7-9-19)20-10-15-24-21(16-20)17-31-34(24)23-13-11-22(29)12-14-23/h5-18,25H,3-4H2,1-2H3,(H,32,33,35). The van der Waals surface area contributed by atoms with Gasteiger partial charge in [-0.2, -0.15) is 5.10 Å². The number of anilines is 1. The second-order valence-corrected chi connectivity index (χ2v) is 9.59. The summed E-state index contributed by atoms with van der Waals surface area (Å²) in [4.78, 5) is 13.8. The third-order valence-electron chi connectivity index (χ3n) is 6.98. The first kappa shape index (κ1) is 23.8. The molecule has 1 atom stereocenters. The van der Waals surface area contributed by atoms with Crippen LogP contribution in [0.3, 0.4) is 0 Å². The summed E-state index contributed by atoms with van der Waals surface area (Å²) in [5, 5.41) is 16.9. The molecule has 2 heterocycles. The van der Waals surface area contributed by atoms with E-state index in [1.165, 1.54) is 23.5 Å². The molecule has 5 aromatic rings. The first-order valence-electron chi connectivity index (χ1n) is 11.9. The molecule has 3 aromatic carbocycles. The molecule has 1 amide bonds. The molecule has 2 aromatic heterocycles. The molecular weight excluding hydrogens is 473 g/mol. The van der Waals surface area contributed by atoms with Crippen LogP contribution < -0.4 is 5.32 Å². The number of amides is 1. The first-order chi connectivity index (χ1) is 17.6. The van der Waals surface area contributed by atoms with Gasteiger partial charge in [0.15, 0.2) is 0 Å². The highest BCUT2D eigenvalue weighted by Crippen LogP contribution is 2.47. The number of rotatable bonds is 8. The topological polar surface area (TPSA) is 72.7 Å². The number of aromatic nitrogens is 4. The van der Waals surface area contributed by atoms with Crippen LogP contribution in [0.5, 0.6) is 0 Å². The average molecular weight is 500 g/mol. The van der Waals surface area contributed by atoms with Crippen molar-refractivity contribution in [2.45, 2.75) is 32.6 Å². The molecule has 0 saturated heterocycles. The predicted molar refractivity (Wildman–Crippen MR) is 141 cm³/mol. The number of halogens is 1. The summed E-state index contributed by atoms with van der Waals surface area (Å²) in [5.41, 5.74) is 4.69. The van der Waals surface area contributed by atoms with Gasteiger partial charge >= 0.3 is 0 Å². The lowest BCUT2D eigenvalue weighted by molar-refractivity contribution is -0.127. The number of hydrogen-bond donors (Lipinski definition) is 1. The molecule has 0 aliphatic rings. The van der Waals surface area contributed by atoms with Crippen molar-refractivity contribution >= 4 is 33.3 Å². The van der Waals surface area contributed by atoms with E-state index < -0.39 is 5.41 Å². The van der Waals surface area contributed by atoms with E-state index in [-0.39, 0.29) is 17.6 Å². The fraction of sp³-hybridized carbons (Fsp3) is 0.214.